The van der Waals surface area contributed by atoms with Crippen molar-refractivity contribution in [2.45, 2.75) is 27.7 Å². The molecular formula is C21H35N5O2. The number of guanidine groups is 1. The van der Waals surface area contributed by atoms with Crippen molar-refractivity contribution in [2.75, 3.05) is 57.8 Å². The Bertz CT molecular complexity index is 667. The van der Waals surface area contributed by atoms with Crippen LogP contribution in [0.5, 0.6) is 5.75 Å². The van der Waals surface area contributed by atoms with Crippen molar-refractivity contribution >= 4 is 17.6 Å². The molecule has 1 aromatic rings. The van der Waals surface area contributed by atoms with Crippen molar-refractivity contribution in [3.63, 3.8) is 0 Å². The Morgan fingerprint density at radius 1 is 1.14 bits per heavy atom. The lowest BCUT2D eigenvalue weighted by Crippen LogP contribution is -2.53. The van der Waals surface area contributed by atoms with Gasteiger partial charge in [0.05, 0.1) is 19.1 Å². The number of amides is 1. The Morgan fingerprint density at radius 2 is 1.82 bits per heavy atom. The zero-order valence-corrected chi connectivity index (χ0v) is 17.9. The van der Waals surface area contributed by atoms with Crippen molar-refractivity contribution in [2.24, 2.45) is 10.4 Å². The van der Waals surface area contributed by atoms with Gasteiger partial charge in [-0.25, -0.2) is 0 Å². The van der Waals surface area contributed by atoms with E-state index in [0.29, 0.717) is 13.1 Å². The van der Waals surface area contributed by atoms with E-state index in [9.17, 15) is 4.79 Å². The monoisotopic (exact) mass is 389 g/mol. The quantitative estimate of drug-likeness (QED) is 0.551. The summed E-state index contributed by atoms with van der Waals surface area (Å²) in [4.78, 5) is 21.6. The summed E-state index contributed by atoms with van der Waals surface area (Å²) in [6.45, 7) is 13.4. The number of aliphatic imine (C=N–C) groups is 1. The van der Waals surface area contributed by atoms with Gasteiger partial charge in [0.1, 0.15) is 5.75 Å². The van der Waals surface area contributed by atoms with Gasteiger partial charge in [-0.3, -0.25) is 9.79 Å². The molecule has 1 saturated heterocycles. The number of rotatable bonds is 7. The van der Waals surface area contributed by atoms with Gasteiger partial charge in [0.25, 0.3) is 0 Å². The van der Waals surface area contributed by atoms with Crippen LogP contribution in [0, 0.1) is 5.41 Å². The molecule has 0 spiro atoms. The number of anilines is 1. The van der Waals surface area contributed by atoms with E-state index in [1.807, 2.05) is 32.9 Å². The summed E-state index contributed by atoms with van der Waals surface area (Å²) in [6, 6.07) is 8.18. The van der Waals surface area contributed by atoms with Crippen LogP contribution in [0.25, 0.3) is 0 Å². The standard InChI is InChI=1S/C21H35N5O2/c1-6-22-19(27)21(3,4)16-24-20(23-7-2)26-13-11-25(12-14-26)17-9-8-10-18(15-17)28-5/h8-10,15H,6-7,11-14,16H2,1-5H3,(H,22,27)(H,23,24). The second-order valence-corrected chi connectivity index (χ2v) is 7.59. The number of piperazine rings is 1. The minimum Gasteiger partial charge on any atom is -0.497 e. The number of carbonyl (C=O) groups excluding carboxylic acids is 1. The molecule has 0 bridgehead atoms. The molecule has 0 unspecified atom stereocenters. The summed E-state index contributed by atoms with van der Waals surface area (Å²) in [6.07, 6.45) is 0. The maximum absolute atomic E-state index is 12.2. The molecule has 0 aliphatic carbocycles. The van der Waals surface area contributed by atoms with Crippen molar-refractivity contribution < 1.29 is 9.53 Å². The normalized spacial score (nSPS) is 15.4. The van der Waals surface area contributed by atoms with Crippen LogP contribution in [0.2, 0.25) is 0 Å². The Balaban J connectivity index is 2.00. The van der Waals surface area contributed by atoms with Crippen LogP contribution in [-0.2, 0) is 4.79 Å². The van der Waals surface area contributed by atoms with Gasteiger partial charge >= 0.3 is 0 Å². The average Bonchev–Trinajstić information content (AvgIpc) is 2.71. The van der Waals surface area contributed by atoms with E-state index >= 15 is 0 Å². The molecule has 1 aliphatic rings. The molecule has 28 heavy (non-hydrogen) atoms. The molecule has 156 valence electrons. The van der Waals surface area contributed by atoms with E-state index in [1.54, 1.807) is 7.11 Å². The Labute approximate surface area is 169 Å². The van der Waals surface area contributed by atoms with E-state index in [4.69, 9.17) is 9.73 Å². The fourth-order valence-corrected chi connectivity index (χ4v) is 3.15. The SMILES string of the molecule is CCNC(=O)C(C)(C)CN=C(NCC)N1CCN(c2cccc(OC)c2)CC1. The molecule has 7 nitrogen and oxygen atoms in total. The third-order valence-electron chi connectivity index (χ3n) is 4.91. The van der Waals surface area contributed by atoms with Gasteiger partial charge in [-0.2, -0.15) is 0 Å². The van der Waals surface area contributed by atoms with Crippen molar-refractivity contribution in [1.29, 1.82) is 0 Å². The van der Waals surface area contributed by atoms with Crippen molar-refractivity contribution in [3.05, 3.63) is 24.3 Å². The number of methoxy groups -OCH3 is 1. The molecule has 0 atom stereocenters. The zero-order chi connectivity index (χ0) is 20.6. The van der Waals surface area contributed by atoms with Gasteiger partial charge in [-0.1, -0.05) is 6.07 Å². The average molecular weight is 390 g/mol. The number of carbonyl (C=O) groups is 1. The van der Waals surface area contributed by atoms with Crippen LogP contribution < -0.4 is 20.3 Å². The van der Waals surface area contributed by atoms with Crippen molar-refractivity contribution in [1.82, 2.24) is 15.5 Å². The predicted octanol–water partition coefficient (Wildman–Crippen LogP) is 1.95. The Kier molecular flexibility index (Phi) is 7.96. The van der Waals surface area contributed by atoms with Crippen molar-refractivity contribution in [3.8, 4) is 5.75 Å². The maximum atomic E-state index is 12.2. The molecule has 1 aliphatic heterocycles. The fourth-order valence-electron chi connectivity index (χ4n) is 3.15. The van der Waals surface area contributed by atoms with Crippen LogP contribution in [0.3, 0.4) is 0 Å². The van der Waals surface area contributed by atoms with E-state index in [0.717, 1.165) is 44.4 Å². The van der Waals surface area contributed by atoms with Gasteiger partial charge in [0.2, 0.25) is 5.91 Å². The van der Waals surface area contributed by atoms with E-state index in [2.05, 4.69) is 39.5 Å². The predicted molar refractivity (Wildman–Crippen MR) is 115 cm³/mol. The number of nitrogens with zero attached hydrogens (tertiary/aromatic N) is 3. The number of benzene rings is 1. The molecule has 2 rings (SSSR count). The van der Waals surface area contributed by atoms with E-state index < -0.39 is 5.41 Å². The topological polar surface area (TPSA) is 69.2 Å². The van der Waals surface area contributed by atoms with Gasteiger partial charge in [-0.15, -0.1) is 0 Å². The lowest BCUT2D eigenvalue weighted by Gasteiger charge is -2.38. The number of ether oxygens (including phenoxy) is 1. The highest BCUT2D eigenvalue weighted by atomic mass is 16.5. The summed E-state index contributed by atoms with van der Waals surface area (Å²) in [5.74, 6) is 1.80. The van der Waals surface area contributed by atoms with Crippen LogP contribution >= 0.6 is 0 Å². The first-order valence-electron chi connectivity index (χ1n) is 10.1. The molecular weight excluding hydrogens is 354 g/mol. The molecule has 1 heterocycles. The first-order valence-corrected chi connectivity index (χ1v) is 10.1. The molecule has 2 N–H and O–H groups in total. The fraction of sp³-hybridized carbons (Fsp3) is 0.619. The summed E-state index contributed by atoms with van der Waals surface area (Å²) in [5, 5.41) is 6.27. The number of hydrogen-bond donors (Lipinski definition) is 2. The minimum absolute atomic E-state index is 0.0393. The first-order chi connectivity index (χ1) is 13.4. The lowest BCUT2D eigenvalue weighted by molar-refractivity contribution is -0.128. The zero-order valence-electron chi connectivity index (χ0n) is 17.9. The molecule has 1 amide bonds. The number of nitrogens with one attached hydrogen (secondary N) is 2. The Hall–Kier alpha value is -2.44. The first kappa shape index (κ1) is 21.9. The van der Waals surface area contributed by atoms with Gasteiger partial charge < -0.3 is 25.2 Å². The van der Waals surface area contributed by atoms with Crippen LogP contribution in [-0.4, -0.2) is 69.7 Å². The van der Waals surface area contributed by atoms with E-state index in [-0.39, 0.29) is 5.91 Å². The lowest BCUT2D eigenvalue weighted by atomic mass is 9.92. The Morgan fingerprint density at radius 3 is 2.43 bits per heavy atom. The molecule has 0 radical (unpaired) electrons. The van der Waals surface area contributed by atoms with Gasteiger partial charge in [0, 0.05) is 51.0 Å². The van der Waals surface area contributed by atoms with Crippen LogP contribution in [0.15, 0.2) is 29.3 Å². The third kappa shape index (κ3) is 5.78. The maximum Gasteiger partial charge on any atom is 0.227 e. The molecule has 7 heteroatoms. The smallest absolute Gasteiger partial charge is 0.227 e. The van der Waals surface area contributed by atoms with Crippen LogP contribution in [0.1, 0.15) is 27.7 Å². The summed E-state index contributed by atoms with van der Waals surface area (Å²) in [7, 11) is 1.69. The molecule has 1 fully saturated rings. The summed E-state index contributed by atoms with van der Waals surface area (Å²) in [5.41, 5.74) is 0.650. The van der Waals surface area contributed by atoms with Gasteiger partial charge in [-0.05, 0) is 39.8 Å². The van der Waals surface area contributed by atoms with Gasteiger partial charge in [0.15, 0.2) is 5.96 Å². The largest absolute Gasteiger partial charge is 0.497 e. The second-order valence-electron chi connectivity index (χ2n) is 7.59. The van der Waals surface area contributed by atoms with E-state index in [1.165, 1.54) is 5.69 Å². The summed E-state index contributed by atoms with van der Waals surface area (Å²) >= 11 is 0. The molecule has 0 aromatic heterocycles. The highest BCUT2D eigenvalue weighted by Gasteiger charge is 2.28. The minimum atomic E-state index is -0.529. The van der Waals surface area contributed by atoms with Crippen LogP contribution in [0.4, 0.5) is 5.69 Å². The number of hydrogen-bond acceptors (Lipinski definition) is 4. The highest BCUT2D eigenvalue weighted by Crippen LogP contribution is 2.22. The molecule has 1 aromatic carbocycles. The summed E-state index contributed by atoms with van der Waals surface area (Å²) < 4.78 is 5.34. The second kappa shape index (κ2) is 10.2. The molecule has 0 saturated carbocycles. The highest BCUT2D eigenvalue weighted by molar-refractivity contribution is 5.84. The third-order valence-corrected chi connectivity index (χ3v) is 4.91.